The number of thiazole rings is 1. The van der Waals surface area contributed by atoms with Gasteiger partial charge in [0.1, 0.15) is 17.2 Å². The average Bonchev–Trinajstić information content (AvgIpc) is 3.35. The molecule has 0 aromatic carbocycles. The van der Waals surface area contributed by atoms with Gasteiger partial charge in [0.15, 0.2) is 5.13 Å². The number of carbonyl (C=O) groups excluding carboxylic acids is 1. The molecule has 1 N–H and O–H groups in total. The zero-order chi connectivity index (χ0) is 20.4. The molecule has 29 heavy (non-hydrogen) atoms. The minimum Gasteiger partial charge on any atom is -0.300 e. The molecule has 0 saturated heterocycles. The first-order chi connectivity index (χ1) is 14.1. The molecular formula is C20H25N5O2S2. The fourth-order valence-electron chi connectivity index (χ4n) is 3.80. The van der Waals surface area contributed by atoms with E-state index in [1.54, 1.807) is 27.5 Å². The van der Waals surface area contributed by atoms with Gasteiger partial charge in [-0.05, 0) is 44.3 Å². The van der Waals surface area contributed by atoms with Gasteiger partial charge < -0.3 is 5.32 Å². The van der Waals surface area contributed by atoms with E-state index in [2.05, 4.69) is 29.0 Å². The van der Waals surface area contributed by atoms with Gasteiger partial charge in [0.05, 0.1) is 11.9 Å². The monoisotopic (exact) mass is 431 g/mol. The quantitative estimate of drug-likeness (QED) is 0.621. The van der Waals surface area contributed by atoms with E-state index in [1.165, 1.54) is 16.2 Å². The molecule has 1 aliphatic carbocycles. The SMILES string of the molecule is CCN(CC)Cc1nc2sc3c(c2c(=O)n1CC(=O)Nc1nccs1)CCCC3. The summed E-state index contributed by atoms with van der Waals surface area (Å²) in [6, 6.07) is 0. The van der Waals surface area contributed by atoms with Gasteiger partial charge in [-0.2, -0.15) is 0 Å². The van der Waals surface area contributed by atoms with E-state index in [0.29, 0.717) is 17.5 Å². The third-order valence-electron chi connectivity index (χ3n) is 5.39. The van der Waals surface area contributed by atoms with Crippen LogP contribution in [0.5, 0.6) is 0 Å². The van der Waals surface area contributed by atoms with E-state index in [9.17, 15) is 9.59 Å². The highest BCUT2D eigenvalue weighted by atomic mass is 32.1. The van der Waals surface area contributed by atoms with Crippen LogP contribution in [0.1, 0.15) is 43.0 Å². The molecule has 0 fully saturated rings. The molecule has 1 amide bonds. The lowest BCUT2D eigenvalue weighted by atomic mass is 9.97. The minimum atomic E-state index is -0.256. The second-order valence-electron chi connectivity index (χ2n) is 7.16. The Morgan fingerprint density at radius 1 is 1.28 bits per heavy atom. The topological polar surface area (TPSA) is 80.1 Å². The first-order valence-corrected chi connectivity index (χ1v) is 11.8. The number of hydrogen-bond acceptors (Lipinski definition) is 7. The van der Waals surface area contributed by atoms with E-state index in [-0.39, 0.29) is 18.0 Å². The Morgan fingerprint density at radius 2 is 2.07 bits per heavy atom. The molecule has 1 aliphatic rings. The zero-order valence-electron chi connectivity index (χ0n) is 16.7. The number of hydrogen-bond donors (Lipinski definition) is 1. The van der Waals surface area contributed by atoms with Crippen LogP contribution in [-0.4, -0.2) is 38.4 Å². The molecule has 3 heterocycles. The fourth-order valence-corrected chi connectivity index (χ4v) is 5.61. The molecule has 154 valence electrons. The van der Waals surface area contributed by atoms with E-state index < -0.39 is 0 Å². The van der Waals surface area contributed by atoms with Crippen molar-refractivity contribution >= 4 is 43.9 Å². The second kappa shape index (κ2) is 8.73. The predicted octanol–water partition coefficient (Wildman–Crippen LogP) is 3.27. The number of thiophene rings is 1. The van der Waals surface area contributed by atoms with Gasteiger partial charge in [0.2, 0.25) is 5.91 Å². The summed E-state index contributed by atoms with van der Waals surface area (Å²) < 4.78 is 1.56. The van der Waals surface area contributed by atoms with E-state index in [1.807, 2.05) is 0 Å². The fraction of sp³-hybridized carbons (Fsp3) is 0.500. The Bertz CT molecular complexity index is 1070. The third kappa shape index (κ3) is 4.12. The average molecular weight is 432 g/mol. The van der Waals surface area contributed by atoms with Crippen molar-refractivity contribution in [3.63, 3.8) is 0 Å². The highest BCUT2D eigenvalue weighted by Gasteiger charge is 2.23. The van der Waals surface area contributed by atoms with Crippen LogP contribution in [0.25, 0.3) is 10.2 Å². The summed E-state index contributed by atoms with van der Waals surface area (Å²) in [7, 11) is 0. The van der Waals surface area contributed by atoms with Crippen LogP contribution in [0.3, 0.4) is 0 Å². The molecular weight excluding hydrogens is 406 g/mol. The van der Waals surface area contributed by atoms with Gasteiger partial charge >= 0.3 is 0 Å². The smallest absolute Gasteiger partial charge is 0.263 e. The molecule has 0 atom stereocenters. The van der Waals surface area contributed by atoms with Gasteiger partial charge in [0.25, 0.3) is 5.56 Å². The van der Waals surface area contributed by atoms with E-state index in [0.717, 1.165) is 54.6 Å². The van der Waals surface area contributed by atoms with Crippen LogP contribution in [-0.2, 0) is 30.7 Å². The summed E-state index contributed by atoms with van der Waals surface area (Å²) in [6.07, 6.45) is 5.85. The first-order valence-electron chi connectivity index (χ1n) is 10.1. The predicted molar refractivity (Wildman–Crippen MR) is 118 cm³/mol. The first kappa shape index (κ1) is 20.2. The Morgan fingerprint density at radius 3 is 2.79 bits per heavy atom. The summed E-state index contributed by atoms with van der Waals surface area (Å²) in [5, 5.41) is 5.84. The lowest BCUT2D eigenvalue weighted by Crippen LogP contribution is -2.34. The maximum atomic E-state index is 13.5. The number of amides is 1. The lowest BCUT2D eigenvalue weighted by Gasteiger charge is -2.20. The van der Waals surface area contributed by atoms with E-state index >= 15 is 0 Å². The van der Waals surface area contributed by atoms with Crippen molar-refractivity contribution in [2.24, 2.45) is 0 Å². The molecule has 0 unspecified atom stereocenters. The number of nitrogens with zero attached hydrogens (tertiary/aromatic N) is 4. The van der Waals surface area contributed by atoms with Crippen molar-refractivity contribution in [3.8, 4) is 0 Å². The van der Waals surface area contributed by atoms with Crippen molar-refractivity contribution in [2.75, 3.05) is 18.4 Å². The van der Waals surface area contributed by atoms with Gasteiger partial charge in [-0.25, -0.2) is 9.97 Å². The van der Waals surface area contributed by atoms with Gasteiger partial charge in [0, 0.05) is 16.5 Å². The normalized spacial score (nSPS) is 13.8. The largest absolute Gasteiger partial charge is 0.300 e. The van der Waals surface area contributed by atoms with Crippen LogP contribution >= 0.6 is 22.7 Å². The molecule has 0 spiro atoms. The summed E-state index contributed by atoms with van der Waals surface area (Å²) in [4.78, 5) is 39.4. The summed E-state index contributed by atoms with van der Waals surface area (Å²) in [5.41, 5.74) is 1.06. The molecule has 3 aromatic heterocycles. The summed E-state index contributed by atoms with van der Waals surface area (Å²) >= 11 is 3.01. The number of fused-ring (bicyclic) bond motifs is 3. The Kier molecular flexibility index (Phi) is 6.07. The van der Waals surface area contributed by atoms with E-state index in [4.69, 9.17) is 4.98 Å². The molecule has 4 rings (SSSR count). The number of aryl methyl sites for hydroxylation is 2. The number of nitrogens with one attached hydrogen (secondary N) is 1. The molecule has 0 saturated carbocycles. The van der Waals surface area contributed by atoms with Gasteiger partial charge in [-0.3, -0.25) is 19.1 Å². The zero-order valence-corrected chi connectivity index (χ0v) is 18.4. The van der Waals surface area contributed by atoms with Crippen LogP contribution in [0.2, 0.25) is 0 Å². The highest BCUT2D eigenvalue weighted by Crippen LogP contribution is 2.33. The van der Waals surface area contributed by atoms with Crippen LogP contribution in [0.15, 0.2) is 16.4 Å². The van der Waals surface area contributed by atoms with Crippen LogP contribution < -0.4 is 10.9 Å². The Balaban J connectivity index is 1.76. The molecule has 9 heteroatoms. The number of aromatic nitrogens is 3. The summed E-state index contributed by atoms with van der Waals surface area (Å²) in [5.74, 6) is 0.396. The maximum Gasteiger partial charge on any atom is 0.263 e. The molecule has 0 radical (unpaired) electrons. The van der Waals surface area contributed by atoms with Crippen molar-refractivity contribution in [1.29, 1.82) is 0 Å². The van der Waals surface area contributed by atoms with Crippen molar-refractivity contribution in [3.05, 3.63) is 38.2 Å². The molecule has 0 bridgehead atoms. The minimum absolute atomic E-state index is 0.0530. The maximum absolute atomic E-state index is 13.5. The van der Waals surface area contributed by atoms with Crippen LogP contribution in [0, 0.1) is 0 Å². The van der Waals surface area contributed by atoms with Crippen molar-refractivity contribution in [2.45, 2.75) is 52.6 Å². The number of carbonyl (C=O) groups is 1. The Labute approximate surface area is 177 Å². The third-order valence-corrected chi connectivity index (χ3v) is 7.27. The van der Waals surface area contributed by atoms with Crippen molar-refractivity contribution in [1.82, 2.24) is 19.4 Å². The molecule has 7 nitrogen and oxygen atoms in total. The summed E-state index contributed by atoms with van der Waals surface area (Å²) in [6.45, 7) is 6.38. The molecule has 3 aromatic rings. The lowest BCUT2D eigenvalue weighted by molar-refractivity contribution is -0.116. The van der Waals surface area contributed by atoms with Gasteiger partial charge in [-0.15, -0.1) is 22.7 Å². The highest BCUT2D eigenvalue weighted by molar-refractivity contribution is 7.18. The second-order valence-corrected chi connectivity index (χ2v) is 9.14. The van der Waals surface area contributed by atoms with Crippen LogP contribution in [0.4, 0.5) is 5.13 Å². The molecule has 0 aliphatic heterocycles. The number of anilines is 1. The number of rotatable bonds is 7. The van der Waals surface area contributed by atoms with Gasteiger partial charge in [-0.1, -0.05) is 13.8 Å². The van der Waals surface area contributed by atoms with Crippen molar-refractivity contribution < 1.29 is 4.79 Å². The standard InChI is InChI=1S/C20H25N5O2S2/c1-3-24(4-2)11-15-22-18-17(13-7-5-6-8-14(13)29-18)19(27)25(15)12-16(26)23-20-21-9-10-28-20/h9-10H,3-8,11-12H2,1-2H3,(H,21,23,26). The Hall–Kier alpha value is -2.10.